The molecule has 0 saturated carbocycles. The van der Waals surface area contributed by atoms with E-state index in [1.165, 1.54) is 0 Å². The predicted molar refractivity (Wildman–Crippen MR) is 79.3 cm³/mol. The highest BCUT2D eigenvalue weighted by atomic mass is 16.5. The maximum absolute atomic E-state index is 11.7. The normalized spacial score (nSPS) is 12.1. The second-order valence-electron chi connectivity index (χ2n) is 4.67. The van der Waals surface area contributed by atoms with Gasteiger partial charge in [0.15, 0.2) is 0 Å². The van der Waals surface area contributed by atoms with Crippen molar-refractivity contribution in [3.63, 3.8) is 0 Å². The van der Waals surface area contributed by atoms with E-state index in [0.717, 1.165) is 17.2 Å². The Morgan fingerprint density at radius 1 is 1.25 bits per heavy atom. The second-order valence-corrected chi connectivity index (χ2v) is 4.67. The van der Waals surface area contributed by atoms with Crippen LogP contribution in [-0.2, 0) is 9.53 Å². The van der Waals surface area contributed by atoms with E-state index >= 15 is 0 Å². The van der Waals surface area contributed by atoms with Crippen LogP contribution < -0.4 is 0 Å². The first-order chi connectivity index (χ1) is 9.63. The van der Waals surface area contributed by atoms with E-state index in [1.807, 2.05) is 43.3 Å². The van der Waals surface area contributed by atoms with Crippen LogP contribution in [0.2, 0.25) is 0 Å². The fourth-order valence-corrected chi connectivity index (χ4v) is 1.98. The topological polar surface area (TPSA) is 46.5 Å². The maximum Gasteiger partial charge on any atom is 0.336 e. The van der Waals surface area contributed by atoms with Crippen LogP contribution >= 0.6 is 0 Å². The molecule has 0 aliphatic heterocycles. The summed E-state index contributed by atoms with van der Waals surface area (Å²) in [4.78, 5) is 11.7. The van der Waals surface area contributed by atoms with Gasteiger partial charge in [-0.25, -0.2) is 4.79 Å². The summed E-state index contributed by atoms with van der Waals surface area (Å²) in [6, 6.07) is 13.4. The zero-order valence-corrected chi connectivity index (χ0v) is 11.5. The summed E-state index contributed by atoms with van der Waals surface area (Å²) in [6.45, 7) is 5.89. The van der Waals surface area contributed by atoms with Gasteiger partial charge in [-0.1, -0.05) is 49.9 Å². The molecule has 2 rings (SSSR count). The maximum atomic E-state index is 11.7. The number of benzene rings is 2. The lowest BCUT2D eigenvalue weighted by Crippen LogP contribution is -2.14. The smallest absolute Gasteiger partial charge is 0.336 e. The Morgan fingerprint density at radius 2 is 1.95 bits per heavy atom. The number of ether oxygens (including phenoxy) is 1. The van der Waals surface area contributed by atoms with Crippen LogP contribution in [0.25, 0.3) is 10.8 Å². The van der Waals surface area contributed by atoms with Gasteiger partial charge in [-0.15, -0.1) is 0 Å². The zero-order valence-electron chi connectivity index (χ0n) is 11.5. The molecule has 0 aromatic heterocycles. The van der Waals surface area contributed by atoms with Crippen molar-refractivity contribution in [2.24, 2.45) is 0 Å². The lowest BCUT2D eigenvalue weighted by atomic mass is 9.99. The van der Waals surface area contributed by atoms with Gasteiger partial charge in [0.25, 0.3) is 0 Å². The number of fused-ring (bicyclic) bond motifs is 1. The van der Waals surface area contributed by atoms with Gasteiger partial charge in [0.05, 0.1) is 12.2 Å². The first kappa shape index (κ1) is 14.3. The Bertz CT molecular complexity index is 631. The number of hydrogen-bond donors (Lipinski definition) is 1. The Hall–Kier alpha value is -2.13. The number of aliphatic hydroxyl groups is 1. The molecule has 104 valence electrons. The Balaban J connectivity index is 2.20. The summed E-state index contributed by atoms with van der Waals surface area (Å²) in [7, 11) is 0. The Kier molecular flexibility index (Phi) is 4.53. The minimum atomic E-state index is -1.04. The van der Waals surface area contributed by atoms with Crippen molar-refractivity contribution in [2.45, 2.75) is 19.4 Å². The van der Waals surface area contributed by atoms with Crippen LogP contribution in [0.4, 0.5) is 0 Å². The predicted octanol–water partition coefficient (Wildman–Crippen LogP) is 3.38. The average molecular weight is 270 g/mol. The SMILES string of the molecule is C=C(C(=O)OCCC)C(O)c1ccc2ccccc2c1. The highest BCUT2D eigenvalue weighted by molar-refractivity contribution is 5.90. The van der Waals surface area contributed by atoms with Crippen LogP contribution in [0.15, 0.2) is 54.6 Å². The Labute approximate surface area is 118 Å². The third kappa shape index (κ3) is 3.06. The number of hydrogen-bond acceptors (Lipinski definition) is 3. The van der Waals surface area contributed by atoms with Crippen LogP contribution in [0.1, 0.15) is 25.0 Å². The summed E-state index contributed by atoms with van der Waals surface area (Å²) in [5, 5.41) is 12.3. The lowest BCUT2D eigenvalue weighted by molar-refractivity contribution is -0.140. The quantitative estimate of drug-likeness (QED) is 0.669. The molecular weight excluding hydrogens is 252 g/mol. The van der Waals surface area contributed by atoms with E-state index < -0.39 is 12.1 Å². The summed E-state index contributed by atoms with van der Waals surface area (Å²) >= 11 is 0. The highest BCUT2D eigenvalue weighted by Crippen LogP contribution is 2.25. The molecule has 2 aromatic carbocycles. The van der Waals surface area contributed by atoms with Gasteiger partial charge < -0.3 is 9.84 Å². The van der Waals surface area contributed by atoms with E-state index in [2.05, 4.69) is 6.58 Å². The molecule has 0 heterocycles. The summed E-state index contributed by atoms with van der Waals surface area (Å²) < 4.78 is 4.98. The van der Waals surface area contributed by atoms with E-state index in [9.17, 15) is 9.90 Å². The minimum absolute atomic E-state index is 0.0636. The molecule has 20 heavy (non-hydrogen) atoms. The highest BCUT2D eigenvalue weighted by Gasteiger charge is 2.19. The minimum Gasteiger partial charge on any atom is -0.462 e. The monoisotopic (exact) mass is 270 g/mol. The van der Waals surface area contributed by atoms with Crippen LogP contribution in [0.5, 0.6) is 0 Å². The van der Waals surface area contributed by atoms with E-state index in [1.54, 1.807) is 6.07 Å². The zero-order chi connectivity index (χ0) is 14.5. The first-order valence-corrected chi connectivity index (χ1v) is 6.66. The third-order valence-electron chi connectivity index (χ3n) is 3.12. The number of carbonyl (C=O) groups is 1. The molecule has 3 heteroatoms. The van der Waals surface area contributed by atoms with Gasteiger partial charge in [-0.05, 0) is 28.8 Å². The van der Waals surface area contributed by atoms with Gasteiger partial charge in [0.2, 0.25) is 0 Å². The number of rotatable bonds is 5. The molecule has 3 nitrogen and oxygen atoms in total. The average Bonchev–Trinajstić information content (AvgIpc) is 2.50. The molecule has 1 N–H and O–H groups in total. The number of esters is 1. The molecule has 0 fully saturated rings. The van der Waals surface area contributed by atoms with Crippen molar-refractivity contribution < 1.29 is 14.6 Å². The lowest BCUT2D eigenvalue weighted by Gasteiger charge is -2.14. The van der Waals surface area contributed by atoms with Gasteiger partial charge in [-0.3, -0.25) is 0 Å². The molecule has 0 radical (unpaired) electrons. The first-order valence-electron chi connectivity index (χ1n) is 6.66. The molecule has 0 bridgehead atoms. The number of carbonyl (C=O) groups excluding carboxylic acids is 1. The van der Waals surface area contributed by atoms with Crippen molar-refractivity contribution in [3.05, 3.63) is 60.2 Å². The molecule has 1 unspecified atom stereocenters. The fourth-order valence-electron chi connectivity index (χ4n) is 1.98. The van der Waals surface area contributed by atoms with Crippen molar-refractivity contribution in [1.82, 2.24) is 0 Å². The summed E-state index contributed by atoms with van der Waals surface area (Å²) in [5.74, 6) is -0.549. The van der Waals surface area contributed by atoms with Crippen molar-refractivity contribution >= 4 is 16.7 Å². The molecule has 0 saturated heterocycles. The molecular formula is C17H18O3. The number of aliphatic hydroxyl groups excluding tert-OH is 1. The Morgan fingerprint density at radius 3 is 2.65 bits per heavy atom. The van der Waals surface area contributed by atoms with E-state index in [4.69, 9.17) is 4.74 Å². The largest absolute Gasteiger partial charge is 0.462 e. The molecule has 2 aromatic rings. The van der Waals surface area contributed by atoms with Gasteiger partial charge in [-0.2, -0.15) is 0 Å². The van der Waals surface area contributed by atoms with Crippen molar-refractivity contribution in [2.75, 3.05) is 6.61 Å². The second kappa shape index (κ2) is 6.35. The molecule has 0 amide bonds. The fraction of sp³-hybridized carbons (Fsp3) is 0.235. The van der Waals surface area contributed by atoms with Crippen LogP contribution in [0, 0.1) is 0 Å². The van der Waals surface area contributed by atoms with Crippen molar-refractivity contribution in [1.29, 1.82) is 0 Å². The molecule has 0 aliphatic carbocycles. The molecule has 0 aliphatic rings. The third-order valence-corrected chi connectivity index (χ3v) is 3.12. The van der Waals surface area contributed by atoms with Crippen LogP contribution in [0.3, 0.4) is 0 Å². The van der Waals surface area contributed by atoms with Crippen molar-refractivity contribution in [3.8, 4) is 0 Å². The molecule has 1 atom stereocenters. The van der Waals surface area contributed by atoms with E-state index in [-0.39, 0.29) is 5.57 Å². The summed E-state index contributed by atoms with van der Waals surface area (Å²) in [5.41, 5.74) is 0.705. The van der Waals surface area contributed by atoms with E-state index in [0.29, 0.717) is 12.2 Å². The van der Waals surface area contributed by atoms with Gasteiger partial charge in [0.1, 0.15) is 6.10 Å². The van der Waals surface area contributed by atoms with Gasteiger partial charge in [0, 0.05) is 0 Å². The summed E-state index contributed by atoms with van der Waals surface area (Å²) in [6.07, 6.45) is -0.297. The molecule has 0 spiro atoms. The standard InChI is InChI=1S/C17H18O3/c1-3-10-20-17(19)12(2)16(18)15-9-8-13-6-4-5-7-14(13)11-15/h4-9,11,16,18H,2-3,10H2,1H3. The van der Waals surface area contributed by atoms with Gasteiger partial charge >= 0.3 is 5.97 Å². The van der Waals surface area contributed by atoms with Crippen LogP contribution in [-0.4, -0.2) is 17.7 Å².